The molecule has 2 atom stereocenters. The molecule has 142 valence electrons. The van der Waals surface area contributed by atoms with Gasteiger partial charge in [-0.3, -0.25) is 10.2 Å². The Hall–Kier alpha value is -3.13. The number of rotatable bonds is 3. The molecule has 1 unspecified atom stereocenters. The molecule has 1 aliphatic rings. The van der Waals surface area contributed by atoms with Crippen LogP contribution in [0.1, 0.15) is 41.9 Å². The maximum absolute atomic E-state index is 14.6. The molecule has 0 saturated carbocycles. The zero-order valence-electron chi connectivity index (χ0n) is 15.4. The molecule has 3 N–H and O–H groups in total. The van der Waals surface area contributed by atoms with Crippen LogP contribution in [0.15, 0.2) is 36.5 Å². The Morgan fingerprint density at radius 2 is 2.07 bits per heavy atom. The number of aryl methyl sites for hydroxylation is 1. The monoisotopic (exact) mass is 377 g/mol. The van der Waals surface area contributed by atoms with E-state index in [1.54, 1.807) is 12.3 Å². The molecular weight excluding hydrogens is 357 g/mol. The summed E-state index contributed by atoms with van der Waals surface area (Å²) >= 11 is 0. The molecule has 1 fully saturated rings. The second kappa shape index (κ2) is 6.79. The molecule has 0 spiro atoms. The highest BCUT2D eigenvalue weighted by atomic mass is 19.1. The fourth-order valence-corrected chi connectivity index (χ4v) is 3.93. The Kier molecular flexibility index (Phi) is 4.12. The van der Waals surface area contributed by atoms with Crippen LogP contribution in [0.2, 0.25) is 0 Å². The molecule has 0 aliphatic carbocycles. The minimum atomic E-state index is -0.368. The first-order chi connectivity index (χ1) is 13.7. The lowest BCUT2D eigenvalue weighted by Gasteiger charge is -2.29. The van der Waals surface area contributed by atoms with E-state index in [1.807, 2.05) is 19.1 Å². The van der Waals surface area contributed by atoms with Crippen LogP contribution in [0.5, 0.6) is 0 Å². The Balaban J connectivity index is 1.48. The highest BCUT2D eigenvalue weighted by molar-refractivity contribution is 5.89. The summed E-state index contributed by atoms with van der Waals surface area (Å²) in [6.07, 6.45) is 3.50. The lowest BCUT2D eigenvalue weighted by Crippen LogP contribution is -2.31. The Morgan fingerprint density at radius 3 is 2.93 bits per heavy atom. The van der Waals surface area contributed by atoms with Crippen LogP contribution in [-0.2, 0) is 0 Å². The first-order valence-electron chi connectivity index (χ1n) is 9.40. The van der Waals surface area contributed by atoms with E-state index < -0.39 is 0 Å². The van der Waals surface area contributed by atoms with Crippen molar-refractivity contribution in [3.05, 3.63) is 59.4 Å². The van der Waals surface area contributed by atoms with Crippen LogP contribution in [0.25, 0.3) is 22.4 Å². The molecule has 4 aromatic heterocycles. The fraction of sp³-hybridized carbons (Fsp3) is 0.300. The number of fused-ring (bicyclic) bond motifs is 1. The van der Waals surface area contributed by atoms with Gasteiger partial charge in [-0.1, -0.05) is 0 Å². The summed E-state index contributed by atoms with van der Waals surface area (Å²) < 4.78 is 14.6. The molecule has 1 aliphatic heterocycles. The van der Waals surface area contributed by atoms with Gasteiger partial charge in [-0.25, -0.2) is 14.4 Å². The van der Waals surface area contributed by atoms with Crippen LogP contribution in [-0.4, -0.2) is 36.9 Å². The van der Waals surface area contributed by atoms with Gasteiger partial charge in [0.15, 0.2) is 11.5 Å². The van der Waals surface area contributed by atoms with Crippen LogP contribution in [0, 0.1) is 12.7 Å². The summed E-state index contributed by atoms with van der Waals surface area (Å²) in [5, 5.41) is 18.7. The van der Waals surface area contributed by atoms with Crippen molar-refractivity contribution in [2.75, 3.05) is 6.54 Å². The third kappa shape index (κ3) is 2.95. The number of piperidine rings is 1. The van der Waals surface area contributed by atoms with E-state index in [0.29, 0.717) is 17.0 Å². The molecule has 7 nitrogen and oxygen atoms in total. The van der Waals surface area contributed by atoms with Gasteiger partial charge in [-0.15, -0.1) is 0 Å². The van der Waals surface area contributed by atoms with E-state index >= 15 is 0 Å². The van der Waals surface area contributed by atoms with E-state index in [0.717, 1.165) is 41.9 Å². The van der Waals surface area contributed by atoms with Gasteiger partial charge in [-0.05, 0) is 56.6 Å². The van der Waals surface area contributed by atoms with E-state index in [9.17, 15) is 4.39 Å². The predicted octanol–water partition coefficient (Wildman–Crippen LogP) is 3.40. The topological polar surface area (TPSA) is 95.2 Å². The third-order valence-corrected chi connectivity index (χ3v) is 5.36. The lowest BCUT2D eigenvalue weighted by atomic mass is 9.88. The van der Waals surface area contributed by atoms with E-state index in [4.69, 9.17) is 4.98 Å². The Labute approximate surface area is 160 Å². The second-order valence-electron chi connectivity index (χ2n) is 7.23. The van der Waals surface area contributed by atoms with Crippen molar-refractivity contribution in [2.45, 2.75) is 31.7 Å². The molecule has 28 heavy (non-hydrogen) atoms. The van der Waals surface area contributed by atoms with Gasteiger partial charge < -0.3 is 5.32 Å². The predicted molar refractivity (Wildman–Crippen MR) is 103 cm³/mol. The number of hydrogen-bond acceptors (Lipinski definition) is 5. The van der Waals surface area contributed by atoms with Crippen molar-refractivity contribution in [2.24, 2.45) is 0 Å². The van der Waals surface area contributed by atoms with Gasteiger partial charge in [-0.2, -0.15) is 10.2 Å². The molecule has 0 aromatic carbocycles. The molecule has 5 rings (SSSR count). The van der Waals surface area contributed by atoms with Crippen molar-refractivity contribution < 1.29 is 4.39 Å². The summed E-state index contributed by atoms with van der Waals surface area (Å²) in [5.74, 6) is -0.130. The average molecular weight is 377 g/mol. The molecule has 0 amide bonds. The minimum absolute atomic E-state index is 0.187. The van der Waals surface area contributed by atoms with Crippen molar-refractivity contribution in [1.29, 1.82) is 0 Å². The van der Waals surface area contributed by atoms with Crippen molar-refractivity contribution in [1.82, 2.24) is 35.7 Å². The zero-order chi connectivity index (χ0) is 19.1. The van der Waals surface area contributed by atoms with E-state index in [1.165, 1.54) is 6.07 Å². The number of pyridine rings is 2. The van der Waals surface area contributed by atoms with Gasteiger partial charge in [0.05, 0.1) is 17.1 Å². The Bertz CT molecular complexity index is 1130. The number of halogens is 1. The lowest BCUT2D eigenvalue weighted by molar-refractivity contribution is 0.359. The molecular formula is C20H20FN7. The standard InChI is InChI=1S/C20H20FN7/c1-11-9-17(26-25-11)16-10-12(6-8-22-16)15-5-4-14(21)19(24-15)18-13-3-2-7-23-20(13)28-27-18/h2-5,7,9,12,16,22H,6,8,10H2,1H3,(H,25,26)(H,23,27,28)/t12?,16-/m0/s1. The number of aromatic nitrogens is 6. The average Bonchev–Trinajstić information content (AvgIpc) is 3.35. The molecule has 5 heterocycles. The molecule has 1 saturated heterocycles. The van der Waals surface area contributed by atoms with Crippen molar-refractivity contribution >= 4 is 11.0 Å². The van der Waals surface area contributed by atoms with Crippen LogP contribution >= 0.6 is 0 Å². The van der Waals surface area contributed by atoms with Gasteiger partial charge in [0.25, 0.3) is 0 Å². The Morgan fingerprint density at radius 1 is 1.14 bits per heavy atom. The van der Waals surface area contributed by atoms with Crippen LogP contribution in [0.4, 0.5) is 4.39 Å². The molecule has 0 radical (unpaired) electrons. The quantitative estimate of drug-likeness (QED) is 0.509. The van der Waals surface area contributed by atoms with Crippen LogP contribution < -0.4 is 5.32 Å². The van der Waals surface area contributed by atoms with Gasteiger partial charge >= 0.3 is 0 Å². The number of nitrogens with one attached hydrogen (secondary N) is 3. The number of aromatic amines is 2. The SMILES string of the molecule is Cc1cc([C@@H]2CC(c3ccc(F)c(-c4[nH]nc5ncccc45)n3)CCN2)[nH]n1. The number of nitrogens with zero attached hydrogens (tertiary/aromatic N) is 4. The first kappa shape index (κ1) is 17.0. The van der Waals surface area contributed by atoms with Gasteiger partial charge in [0.2, 0.25) is 0 Å². The van der Waals surface area contributed by atoms with Crippen molar-refractivity contribution in [3.8, 4) is 11.4 Å². The number of hydrogen-bond donors (Lipinski definition) is 3. The maximum atomic E-state index is 14.6. The van der Waals surface area contributed by atoms with Crippen molar-refractivity contribution in [3.63, 3.8) is 0 Å². The van der Waals surface area contributed by atoms with E-state index in [2.05, 4.69) is 36.8 Å². The fourth-order valence-electron chi connectivity index (χ4n) is 3.93. The zero-order valence-corrected chi connectivity index (χ0v) is 15.4. The highest BCUT2D eigenvalue weighted by Crippen LogP contribution is 2.35. The van der Waals surface area contributed by atoms with Crippen LogP contribution in [0.3, 0.4) is 0 Å². The van der Waals surface area contributed by atoms with Gasteiger partial charge in [0.1, 0.15) is 5.69 Å². The summed E-state index contributed by atoms with van der Waals surface area (Å²) in [4.78, 5) is 8.90. The number of H-pyrrole nitrogens is 2. The molecule has 4 aromatic rings. The summed E-state index contributed by atoms with van der Waals surface area (Å²) in [7, 11) is 0. The molecule has 8 heteroatoms. The summed E-state index contributed by atoms with van der Waals surface area (Å²) in [5.41, 5.74) is 4.36. The minimum Gasteiger partial charge on any atom is -0.309 e. The largest absolute Gasteiger partial charge is 0.309 e. The summed E-state index contributed by atoms with van der Waals surface area (Å²) in [6, 6.07) is 9.22. The third-order valence-electron chi connectivity index (χ3n) is 5.36. The smallest absolute Gasteiger partial charge is 0.181 e. The maximum Gasteiger partial charge on any atom is 0.181 e. The van der Waals surface area contributed by atoms with Gasteiger partial charge in [0, 0.05) is 29.2 Å². The normalized spacial score (nSPS) is 19.9. The second-order valence-corrected chi connectivity index (χ2v) is 7.23. The van der Waals surface area contributed by atoms with E-state index in [-0.39, 0.29) is 17.8 Å². The first-order valence-corrected chi connectivity index (χ1v) is 9.40. The molecule has 0 bridgehead atoms. The summed E-state index contributed by atoms with van der Waals surface area (Å²) in [6.45, 7) is 2.84. The highest BCUT2D eigenvalue weighted by Gasteiger charge is 2.27.